The van der Waals surface area contributed by atoms with Gasteiger partial charge in [-0.2, -0.15) is 5.10 Å². The lowest BCUT2D eigenvalue weighted by molar-refractivity contribution is -0.119. The van der Waals surface area contributed by atoms with Gasteiger partial charge in [0.15, 0.2) is 0 Å². The van der Waals surface area contributed by atoms with Gasteiger partial charge < -0.3 is 10.6 Å². The number of nitrogens with zero attached hydrogens (tertiary/aromatic N) is 2. The Morgan fingerprint density at radius 2 is 1.57 bits per heavy atom. The van der Waals surface area contributed by atoms with Crippen LogP contribution in [0.4, 0.5) is 15.8 Å². The minimum Gasteiger partial charge on any atom is -0.324 e. The van der Waals surface area contributed by atoms with Crippen molar-refractivity contribution in [2.75, 3.05) is 10.6 Å². The van der Waals surface area contributed by atoms with Crippen molar-refractivity contribution in [2.45, 2.75) is 19.9 Å². The quantitative estimate of drug-likeness (QED) is 0.423. The topological polar surface area (TPSA) is 93.1 Å². The Bertz CT molecular complexity index is 1420. The molecule has 0 saturated carbocycles. The Morgan fingerprint density at radius 3 is 2.23 bits per heavy atom. The van der Waals surface area contributed by atoms with Crippen LogP contribution < -0.4 is 16.2 Å². The van der Waals surface area contributed by atoms with Crippen LogP contribution in [-0.4, -0.2) is 21.6 Å². The first-order valence-electron chi connectivity index (χ1n) is 11.0. The smallest absolute Gasteiger partial charge is 0.291 e. The maximum Gasteiger partial charge on any atom is 0.291 e. The monoisotopic (exact) mass is 470 g/mol. The van der Waals surface area contributed by atoms with Gasteiger partial charge in [-0.25, -0.2) is 9.07 Å². The van der Waals surface area contributed by atoms with Gasteiger partial charge in [0, 0.05) is 16.8 Å². The average Bonchev–Trinajstić information content (AvgIpc) is 2.87. The van der Waals surface area contributed by atoms with Crippen LogP contribution in [0, 0.1) is 12.7 Å². The summed E-state index contributed by atoms with van der Waals surface area (Å²) in [7, 11) is 0. The van der Waals surface area contributed by atoms with Crippen LogP contribution in [0.5, 0.6) is 0 Å². The Hall–Kier alpha value is -4.59. The highest BCUT2D eigenvalue weighted by atomic mass is 19.1. The molecule has 1 atom stereocenters. The second-order valence-corrected chi connectivity index (χ2v) is 8.05. The molecule has 1 aromatic heterocycles. The number of anilines is 2. The van der Waals surface area contributed by atoms with Crippen LogP contribution in [-0.2, 0) is 4.79 Å². The summed E-state index contributed by atoms with van der Waals surface area (Å²) in [6.45, 7) is 3.47. The molecule has 4 aromatic rings. The highest BCUT2D eigenvalue weighted by Gasteiger charge is 2.22. The lowest BCUT2D eigenvalue weighted by Gasteiger charge is -2.17. The predicted octanol–water partition coefficient (Wildman–Crippen LogP) is 4.81. The number of rotatable bonds is 6. The van der Waals surface area contributed by atoms with E-state index in [4.69, 9.17) is 0 Å². The van der Waals surface area contributed by atoms with Gasteiger partial charge in [0.25, 0.3) is 11.5 Å². The summed E-state index contributed by atoms with van der Waals surface area (Å²) in [5, 5.41) is 9.73. The van der Waals surface area contributed by atoms with Crippen LogP contribution in [0.3, 0.4) is 0 Å². The van der Waals surface area contributed by atoms with E-state index in [-0.39, 0.29) is 5.69 Å². The standard InChI is InChI=1S/C27H23FN4O3/c1-17-8-10-19(11-9-17)23-16-24(30-26(34)20-6-4-3-5-7-20)27(35)32(31-23)18(2)25(33)29-22-14-12-21(28)13-15-22/h3-16,18H,1-2H3,(H,29,33)(H,30,34). The highest BCUT2D eigenvalue weighted by Crippen LogP contribution is 2.21. The second kappa shape index (κ2) is 10.1. The van der Waals surface area contributed by atoms with Crippen molar-refractivity contribution in [1.82, 2.24) is 9.78 Å². The molecule has 0 aliphatic rings. The van der Waals surface area contributed by atoms with Crippen molar-refractivity contribution in [1.29, 1.82) is 0 Å². The summed E-state index contributed by atoms with van der Waals surface area (Å²) in [5.74, 6) is -1.41. The third-order valence-electron chi connectivity index (χ3n) is 5.42. The van der Waals surface area contributed by atoms with E-state index in [1.165, 1.54) is 37.3 Å². The highest BCUT2D eigenvalue weighted by molar-refractivity contribution is 6.04. The summed E-state index contributed by atoms with van der Waals surface area (Å²) in [6.07, 6.45) is 0. The number of nitrogens with one attached hydrogen (secondary N) is 2. The van der Waals surface area contributed by atoms with Crippen molar-refractivity contribution in [2.24, 2.45) is 0 Å². The minimum atomic E-state index is -1.02. The Balaban J connectivity index is 1.72. The Kier molecular flexibility index (Phi) is 6.82. The summed E-state index contributed by atoms with van der Waals surface area (Å²) in [6, 6.07) is 21.7. The number of hydrogen-bond acceptors (Lipinski definition) is 4. The zero-order chi connectivity index (χ0) is 24.9. The first kappa shape index (κ1) is 23.6. The second-order valence-electron chi connectivity index (χ2n) is 8.05. The molecule has 0 fully saturated rings. The van der Waals surface area contributed by atoms with E-state index in [0.717, 1.165) is 10.2 Å². The lowest BCUT2D eigenvalue weighted by Crippen LogP contribution is -2.35. The van der Waals surface area contributed by atoms with Gasteiger partial charge in [-0.15, -0.1) is 0 Å². The summed E-state index contributed by atoms with van der Waals surface area (Å²) < 4.78 is 14.2. The average molecular weight is 471 g/mol. The van der Waals surface area contributed by atoms with E-state index >= 15 is 0 Å². The molecule has 4 rings (SSSR count). The van der Waals surface area contributed by atoms with Crippen molar-refractivity contribution in [3.63, 3.8) is 0 Å². The van der Waals surface area contributed by atoms with E-state index in [9.17, 15) is 18.8 Å². The lowest BCUT2D eigenvalue weighted by atomic mass is 10.1. The molecule has 3 aromatic carbocycles. The third-order valence-corrected chi connectivity index (χ3v) is 5.42. The van der Waals surface area contributed by atoms with E-state index in [1.807, 2.05) is 31.2 Å². The molecule has 176 valence electrons. The van der Waals surface area contributed by atoms with Gasteiger partial charge in [-0.1, -0.05) is 48.0 Å². The molecule has 0 radical (unpaired) electrons. The van der Waals surface area contributed by atoms with Gasteiger partial charge >= 0.3 is 0 Å². The Morgan fingerprint density at radius 1 is 0.914 bits per heavy atom. The molecule has 7 nitrogen and oxygen atoms in total. The van der Waals surface area contributed by atoms with E-state index in [1.54, 1.807) is 30.3 Å². The fourth-order valence-electron chi connectivity index (χ4n) is 3.40. The number of halogens is 1. The summed E-state index contributed by atoms with van der Waals surface area (Å²) in [4.78, 5) is 38.9. The van der Waals surface area contributed by atoms with Crippen LogP contribution in [0.2, 0.25) is 0 Å². The van der Waals surface area contributed by atoms with Gasteiger partial charge in [-0.05, 0) is 56.3 Å². The van der Waals surface area contributed by atoms with E-state index in [2.05, 4.69) is 15.7 Å². The number of amides is 2. The molecule has 0 bridgehead atoms. The Labute approximate surface area is 201 Å². The maximum absolute atomic E-state index is 13.3. The summed E-state index contributed by atoms with van der Waals surface area (Å²) in [5.41, 5.74) is 2.29. The first-order chi connectivity index (χ1) is 16.8. The van der Waals surface area contributed by atoms with Gasteiger partial charge in [0.1, 0.15) is 17.5 Å². The van der Waals surface area contributed by atoms with Gasteiger partial charge in [0.2, 0.25) is 5.91 Å². The largest absolute Gasteiger partial charge is 0.324 e. The molecule has 1 unspecified atom stereocenters. The number of aryl methyl sites for hydroxylation is 1. The molecular weight excluding hydrogens is 447 g/mol. The van der Waals surface area contributed by atoms with Crippen molar-refractivity contribution in [3.05, 3.63) is 112 Å². The number of aromatic nitrogens is 2. The molecule has 2 amide bonds. The van der Waals surface area contributed by atoms with Crippen LogP contribution in [0.1, 0.15) is 28.9 Å². The van der Waals surface area contributed by atoms with Crippen LogP contribution in [0.15, 0.2) is 89.7 Å². The molecule has 0 saturated heterocycles. The molecule has 8 heteroatoms. The maximum atomic E-state index is 13.3. The number of hydrogen-bond donors (Lipinski definition) is 2. The summed E-state index contributed by atoms with van der Waals surface area (Å²) >= 11 is 0. The third kappa shape index (κ3) is 5.50. The molecule has 0 spiro atoms. The zero-order valence-electron chi connectivity index (χ0n) is 19.2. The fourth-order valence-corrected chi connectivity index (χ4v) is 3.40. The SMILES string of the molecule is Cc1ccc(-c2cc(NC(=O)c3ccccc3)c(=O)n(C(C)C(=O)Nc3ccc(F)cc3)n2)cc1. The predicted molar refractivity (Wildman–Crippen MR) is 133 cm³/mol. The number of benzene rings is 3. The fraction of sp³-hybridized carbons (Fsp3) is 0.111. The van der Waals surface area contributed by atoms with E-state index in [0.29, 0.717) is 22.5 Å². The molecule has 0 aliphatic heterocycles. The minimum absolute atomic E-state index is 0.00846. The molecule has 2 N–H and O–H groups in total. The van der Waals surface area contributed by atoms with Gasteiger partial charge in [-0.3, -0.25) is 14.4 Å². The van der Waals surface area contributed by atoms with Gasteiger partial charge in [0.05, 0.1) is 5.69 Å². The van der Waals surface area contributed by atoms with Crippen LogP contribution in [0.25, 0.3) is 11.3 Å². The zero-order valence-corrected chi connectivity index (χ0v) is 19.2. The normalized spacial score (nSPS) is 11.5. The number of carbonyl (C=O) groups excluding carboxylic acids is 2. The van der Waals surface area contributed by atoms with Crippen molar-refractivity contribution < 1.29 is 14.0 Å². The van der Waals surface area contributed by atoms with Crippen LogP contribution >= 0.6 is 0 Å². The van der Waals surface area contributed by atoms with Crippen molar-refractivity contribution in [3.8, 4) is 11.3 Å². The molecule has 35 heavy (non-hydrogen) atoms. The molecule has 1 heterocycles. The van der Waals surface area contributed by atoms with Crippen molar-refractivity contribution >= 4 is 23.2 Å². The molecule has 0 aliphatic carbocycles. The van der Waals surface area contributed by atoms with E-state index < -0.39 is 29.2 Å². The number of carbonyl (C=O) groups is 2. The molecular formula is C27H23FN4O3. The first-order valence-corrected chi connectivity index (χ1v) is 11.0.